The molecule has 2 heterocycles. The van der Waals surface area contributed by atoms with E-state index in [0.717, 1.165) is 28.6 Å². The van der Waals surface area contributed by atoms with Crippen LogP contribution in [0.4, 0.5) is 11.6 Å². The number of fused-ring (bicyclic) bond motifs is 2. The number of anilines is 2. The molecule has 0 spiro atoms. The van der Waals surface area contributed by atoms with E-state index in [0.29, 0.717) is 45.3 Å². The fourth-order valence-electron chi connectivity index (χ4n) is 3.67. The molecule has 0 radical (unpaired) electrons. The summed E-state index contributed by atoms with van der Waals surface area (Å²) in [5.74, 6) is 1.55. The van der Waals surface area contributed by atoms with Crippen LogP contribution in [0.25, 0.3) is 22.2 Å². The summed E-state index contributed by atoms with van der Waals surface area (Å²) >= 11 is 3.54. The van der Waals surface area contributed by atoms with Gasteiger partial charge < -0.3 is 14.4 Å². The number of rotatable bonds is 3. The van der Waals surface area contributed by atoms with Crippen LogP contribution in [0.1, 0.15) is 40.4 Å². The van der Waals surface area contributed by atoms with E-state index in [1.165, 1.54) is 0 Å². The van der Waals surface area contributed by atoms with E-state index in [1.54, 1.807) is 6.07 Å². The van der Waals surface area contributed by atoms with Gasteiger partial charge in [-0.3, -0.25) is 4.79 Å². The molecule has 0 unspecified atom stereocenters. The van der Waals surface area contributed by atoms with Crippen molar-refractivity contribution in [2.45, 2.75) is 18.8 Å². The Kier molecular flexibility index (Phi) is 2.97. The van der Waals surface area contributed by atoms with E-state index in [2.05, 4.69) is 31.6 Å². The SMILES string of the molecule is O=C1c2ccccc2-c2onc3c(Br)cc(Nc4cc(C5CC5)no4)c1c23. The minimum atomic E-state index is -0.0665. The molecule has 7 heteroatoms. The van der Waals surface area contributed by atoms with E-state index < -0.39 is 0 Å². The van der Waals surface area contributed by atoms with E-state index in [1.807, 2.05) is 30.3 Å². The number of halogens is 1. The van der Waals surface area contributed by atoms with Crippen molar-refractivity contribution in [1.29, 1.82) is 0 Å². The van der Waals surface area contributed by atoms with Gasteiger partial charge in [0.25, 0.3) is 0 Å². The molecule has 132 valence electrons. The van der Waals surface area contributed by atoms with Crippen LogP contribution in [0.15, 0.2) is 49.9 Å². The summed E-state index contributed by atoms with van der Waals surface area (Å²) in [5.41, 5.74) is 4.12. The molecule has 1 saturated carbocycles. The van der Waals surface area contributed by atoms with Crippen molar-refractivity contribution < 1.29 is 13.8 Å². The quantitative estimate of drug-likeness (QED) is 0.419. The molecule has 0 bridgehead atoms. The zero-order valence-electron chi connectivity index (χ0n) is 14.0. The van der Waals surface area contributed by atoms with Gasteiger partial charge >= 0.3 is 0 Å². The zero-order chi connectivity index (χ0) is 18.1. The summed E-state index contributed by atoms with van der Waals surface area (Å²) in [7, 11) is 0. The first-order valence-corrected chi connectivity index (χ1v) is 9.49. The Balaban J connectivity index is 1.56. The predicted molar refractivity (Wildman–Crippen MR) is 102 cm³/mol. The van der Waals surface area contributed by atoms with Crippen molar-refractivity contribution in [2.75, 3.05) is 5.32 Å². The van der Waals surface area contributed by atoms with Gasteiger partial charge in [-0.15, -0.1) is 0 Å². The molecule has 6 nitrogen and oxygen atoms in total. The molecular formula is C20H12BrN3O3. The highest BCUT2D eigenvalue weighted by Gasteiger charge is 2.33. The average molecular weight is 422 g/mol. The van der Waals surface area contributed by atoms with Crippen LogP contribution >= 0.6 is 15.9 Å². The van der Waals surface area contributed by atoms with E-state index in [4.69, 9.17) is 9.05 Å². The van der Waals surface area contributed by atoms with Crippen molar-refractivity contribution in [3.63, 3.8) is 0 Å². The van der Waals surface area contributed by atoms with Gasteiger partial charge in [-0.25, -0.2) is 0 Å². The molecule has 2 aromatic carbocycles. The van der Waals surface area contributed by atoms with Gasteiger partial charge in [0.15, 0.2) is 11.5 Å². The molecule has 6 rings (SSSR count). The lowest BCUT2D eigenvalue weighted by Gasteiger charge is -2.17. The van der Waals surface area contributed by atoms with Crippen molar-refractivity contribution >= 4 is 44.2 Å². The van der Waals surface area contributed by atoms with Crippen LogP contribution in [-0.4, -0.2) is 16.1 Å². The van der Waals surface area contributed by atoms with Gasteiger partial charge in [-0.05, 0) is 34.8 Å². The Hall–Kier alpha value is -2.93. The Morgan fingerprint density at radius 2 is 1.89 bits per heavy atom. The van der Waals surface area contributed by atoms with E-state index in [9.17, 15) is 4.79 Å². The molecule has 2 aliphatic rings. The van der Waals surface area contributed by atoms with Crippen molar-refractivity contribution in [3.05, 3.63) is 57.7 Å². The van der Waals surface area contributed by atoms with Crippen molar-refractivity contribution in [2.24, 2.45) is 0 Å². The van der Waals surface area contributed by atoms with Crippen molar-refractivity contribution in [3.8, 4) is 11.3 Å². The predicted octanol–water partition coefficient (Wildman–Crippen LogP) is 5.41. The lowest BCUT2D eigenvalue weighted by Crippen LogP contribution is -2.11. The normalized spacial score (nSPS) is 15.2. The highest BCUT2D eigenvalue weighted by atomic mass is 79.9. The lowest BCUT2D eigenvalue weighted by atomic mass is 9.87. The number of carbonyl (C=O) groups is 1. The minimum Gasteiger partial charge on any atom is -0.355 e. The summed E-state index contributed by atoms with van der Waals surface area (Å²) in [6.45, 7) is 0. The smallest absolute Gasteiger partial charge is 0.229 e. The molecular weight excluding hydrogens is 410 g/mol. The Morgan fingerprint density at radius 1 is 1.07 bits per heavy atom. The van der Waals surface area contributed by atoms with Gasteiger partial charge in [-0.2, -0.15) is 0 Å². The van der Waals surface area contributed by atoms with Crippen LogP contribution in [0.2, 0.25) is 0 Å². The number of benzene rings is 2. The lowest BCUT2D eigenvalue weighted by molar-refractivity contribution is 0.104. The summed E-state index contributed by atoms with van der Waals surface area (Å²) in [5, 5.41) is 12.2. The summed E-state index contributed by atoms with van der Waals surface area (Å²) in [4.78, 5) is 13.3. The molecule has 2 aromatic heterocycles. The van der Waals surface area contributed by atoms with Gasteiger partial charge in [0, 0.05) is 27.6 Å². The third-order valence-corrected chi connectivity index (χ3v) is 5.74. The Morgan fingerprint density at radius 3 is 2.70 bits per heavy atom. The molecule has 0 atom stereocenters. The largest absolute Gasteiger partial charge is 0.355 e. The second-order valence-corrected chi connectivity index (χ2v) is 7.76. The monoisotopic (exact) mass is 421 g/mol. The average Bonchev–Trinajstić information content (AvgIpc) is 3.25. The second-order valence-electron chi connectivity index (χ2n) is 6.91. The summed E-state index contributed by atoms with van der Waals surface area (Å²) in [6, 6.07) is 11.1. The van der Waals surface area contributed by atoms with Crippen LogP contribution in [0, 0.1) is 0 Å². The number of ketones is 1. The number of hydrogen-bond acceptors (Lipinski definition) is 6. The molecule has 0 saturated heterocycles. The van der Waals surface area contributed by atoms with E-state index in [-0.39, 0.29) is 5.78 Å². The summed E-state index contributed by atoms with van der Waals surface area (Å²) < 4.78 is 11.8. The van der Waals surface area contributed by atoms with Crippen LogP contribution in [-0.2, 0) is 0 Å². The number of nitrogens with zero attached hydrogens (tertiary/aromatic N) is 2. The fourth-order valence-corrected chi connectivity index (χ4v) is 4.17. The van der Waals surface area contributed by atoms with Gasteiger partial charge in [0.05, 0.1) is 22.3 Å². The number of carbonyl (C=O) groups excluding carboxylic acids is 1. The highest BCUT2D eigenvalue weighted by Crippen LogP contribution is 2.46. The molecule has 1 fully saturated rings. The van der Waals surface area contributed by atoms with Gasteiger partial charge in [0.1, 0.15) is 5.52 Å². The first kappa shape index (κ1) is 15.2. The second kappa shape index (κ2) is 5.29. The molecule has 27 heavy (non-hydrogen) atoms. The Bertz CT molecular complexity index is 1250. The maximum Gasteiger partial charge on any atom is 0.229 e. The minimum absolute atomic E-state index is 0.0665. The fraction of sp³-hybridized carbons (Fsp3) is 0.150. The molecule has 0 aliphatic heterocycles. The number of aromatic nitrogens is 2. The standard InChI is InChI=1S/C20H12BrN3O3/c21-12-7-14(22-15-8-13(23-26-15)9-5-6-9)16-17-18(12)24-27-20(17)11-4-2-1-3-10(11)19(16)25/h1-4,7-9,22H,5-6H2. The van der Waals surface area contributed by atoms with E-state index >= 15 is 0 Å². The molecule has 4 aromatic rings. The van der Waals surface area contributed by atoms with Gasteiger partial charge in [0.2, 0.25) is 5.88 Å². The maximum absolute atomic E-state index is 13.3. The first-order valence-electron chi connectivity index (χ1n) is 8.70. The van der Waals surface area contributed by atoms with Crippen molar-refractivity contribution in [1.82, 2.24) is 10.3 Å². The first-order chi connectivity index (χ1) is 13.2. The Labute approximate surface area is 161 Å². The van der Waals surface area contributed by atoms with Gasteiger partial charge in [-0.1, -0.05) is 34.6 Å². The van der Waals surface area contributed by atoms with Crippen LogP contribution < -0.4 is 5.32 Å². The number of nitrogens with one attached hydrogen (secondary N) is 1. The zero-order valence-corrected chi connectivity index (χ0v) is 15.5. The van der Waals surface area contributed by atoms with Crippen LogP contribution in [0.3, 0.4) is 0 Å². The maximum atomic E-state index is 13.3. The third-order valence-electron chi connectivity index (χ3n) is 5.13. The molecule has 1 N–H and O–H groups in total. The topological polar surface area (TPSA) is 81.2 Å². The number of hydrogen-bond donors (Lipinski definition) is 1. The highest BCUT2D eigenvalue weighted by molar-refractivity contribution is 9.10. The molecule has 0 amide bonds. The third kappa shape index (κ3) is 2.15. The summed E-state index contributed by atoms with van der Waals surface area (Å²) in [6.07, 6.45) is 2.29. The molecule has 2 aliphatic carbocycles. The van der Waals surface area contributed by atoms with Crippen LogP contribution in [0.5, 0.6) is 0 Å².